The number of para-hydroxylation sites is 1. The van der Waals surface area contributed by atoms with Crippen LogP contribution in [0.5, 0.6) is 0 Å². The molecule has 204 valence electrons. The SMILES string of the molecule is CCC(C)N(CC(=O)N(CCc1c[nH]c2ccccc12)Cc1ccc(N(C)C)cc1)C(=O)c1ccccc1Cl. The molecule has 0 aliphatic carbocycles. The van der Waals surface area contributed by atoms with E-state index in [1.807, 2.05) is 56.1 Å². The molecule has 2 amide bonds. The van der Waals surface area contributed by atoms with Gasteiger partial charge in [0.05, 0.1) is 10.6 Å². The topological polar surface area (TPSA) is 59.7 Å². The van der Waals surface area contributed by atoms with Crippen molar-refractivity contribution in [1.82, 2.24) is 14.8 Å². The maximum atomic E-state index is 13.9. The number of hydrogen-bond donors (Lipinski definition) is 1. The molecule has 7 heteroatoms. The molecule has 3 aromatic carbocycles. The molecule has 0 aliphatic rings. The zero-order valence-corrected chi connectivity index (χ0v) is 23.9. The van der Waals surface area contributed by atoms with Crippen molar-refractivity contribution >= 4 is 40.0 Å². The molecule has 1 atom stereocenters. The van der Waals surface area contributed by atoms with Crippen molar-refractivity contribution in [3.05, 3.63) is 101 Å². The Hall–Kier alpha value is -3.77. The number of fused-ring (bicyclic) bond motifs is 1. The van der Waals surface area contributed by atoms with Crippen molar-refractivity contribution < 1.29 is 9.59 Å². The summed E-state index contributed by atoms with van der Waals surface area (Å²) in [5, 5.41) is 1.55. The molecule has 39 heavy (non-hydrogen) atoms. The number of benzene rings is 3. The van der Waals surface area contributed by atoms with Crippen LogP contribution in [0.25, 0.3) is 10.9 Å². The molecule has 0 fully saturated rings. The summed E-state index contributed by atoms with van der Waals surface area (Å²) in [7, 11) is 4.01. The first-order valence-corrected chi connectivity index (χ1v) is 13.8. The quantitative estimate of drug-likeness (QED) is 0.238. The number of carbonyl (C=O) groups is 2. The van der Waals surface area contributed by atoms with Gasteiger partial charge in [-0.25, -0.2) is 0 Å². The molecule has 1 N–H and O–H groups in total. The van der Waals surface area contributed by atoms with E-state index >= 15 is 0 Å². The lowest BCUT2D eigenvalue weighted by Gasteiger charge is -2.31. The molecular formula is C32H37ClN4O2. The van der Waals surface area contributed by atoms with Crippen LogP contribution < -0.4 is 4.90 Å². The molecular weight excluding hydrogens is 508 g/mol. The highest BCUT2D eigenvalue weighted by molar-refractivity contribution is 6.33. The first kappa shape index (κ1) is 28.2. The number of aromatic nitrogens is 1. The van der Waals surface area contributed by atoms with Gasteiger partial charge >= 0.3 is 0 Å². The van der Waals surface area contributed by atoms with E-state index in [4.69, 9.17) is 11.6 Å². The number of halogens is 1. The largest absolute Gasteiger partial charge is 0.378 e. The first-order chi connectivity index (χ1) is 18.8. The van der Waals surface area contributed by atoms with Gasteiger partial charge in [0.15, 0.2) is 0 Å². The van der Waals surface area contributed by atoms with Crippen molar-refractivity contribution in [2.45, 2.75) is 39.3 Å². The molecule has 1 aromatic heterocycles. The number of H-pyrrole nitrogens is 1. The maximum Gasteiger partial charge on any atom is 0.256 e. The van der Waals surface area contributed by atoms with Crippen LogP contribution in [0.1, 0.15) is 41.8 Å². The van der Waals surface area contributed by atoms with Crippen LogP contribution in [-0.4, -0.2) is 59.8 Å². The summed E-state index contributed by atoms with van der Waals surface area (Å²) >= 11 is 6.36. The summed E-state index contributed by atoms with van der Waals surface area (Å²) in [5.41, 5.74) is 4.80. The number of hydrogen-bond acceptors (Lipinski definition) is 3. The Bertz CT molecular complexity index is 1410. The van der Waals surface area contributed by atoms with E-state index in [9.17, 15) is 9.59 Å². The number of aromatic amines is 1. The Labute approximate surface area is 236 Å². The Kier molecular flexibility index (Phi) is 9.31. The molecule has 1 unspecified atom stereocenters. The molecule has 1 heterocycles. The third kappa shape index (κ3) is 6.82. The molecule has 0 aliphatic heterocycles. The van der Waals surface area contributed by atoms with Crippen LogP contribution in [-0.2, 0) is 17.8 Å². The number of rotatable bonds is 11. The number of carbonyl (C=O) groups excluding carboxylic acids is 2. The van der Waals surface area contributed by atoms with Crippen molar-refractivity contribution in [2.75, 3.05) is 32.1 Å². The maximum absolute atomic E-state index is 13.9. The molecule has 0 bridgehead atoms. The molecule has 6 nitrogen and oxygen atoms in total. The third-order valence-electron chi connectivity index (χ3n) is 7.30. The smallest absolute Gasteiger partial charge is 0.256 e. The van der Waals surface area contributed by atoms with E-state index in [1.54, 1.807) is 29.2 Å². The molecule has 0 spiro atoms. The van der Waals surface area contributed by atoms with E-state index in [2.05, 4.69) is 41.4 Å². The Morgan fingerprint density at radius 3 is 2.33 bits per heavy atom. The minimum absolute atomic E-state index is 0.0112. The predicted octanol–water partition coefficient (Wildman–Crippen LogP) is 6.40. The van der Waals surface area contributed by atoms with E-state index < -0.39 is 0 Å². The average molecular weight is 545 g/mol. The molecule has 0 radical (unpaired) electrons. The minimum atomic E-state index is -0.227. The zero-order chi connectivity index (χ0) is 27.9. The Balaban J connectivity index is 1.58. The summed E-state index contributed by atoms with van der Waals surface area (Å²) in [5.74, 6) is -0.317. The minimum Gasteiger partial charge on any atom is -0.378 e. The van der Waals surface area contributed by atoms with Gasteiger partial charge in [0.1, 0.15) is 6.54 Å². The summed E-state index contributed by atoms with van der Waals surface area (Å²) < 4.78 is 0. The summed E-state index contributed by atoms with van der Waals surface area (Å²) in [4.78, 5) is 36.3. The van der Waals surface area contributed by atoms with E-state index in [0.29, 0.717) is 30.1 Å². The van der Waals surface area contributed by atoms with Gasteiger partial charge in [-0.05, 0) is 61.2 Å². The molecule has 0 saturated heterocycles. The van der Waals surface area contributed by atoms with Gasteiger partial charge < -0.3 is 19.7 Å². The second-order valence-corrected chi connectivity index (χ2v) is 10.6. The monoisotopic (exact) mass is 544 g/mol. The lowest BCUT2D eigenvalue weighted by molar-refractivity contribution is -0.133. The number of nitrogens with one attached hydrogen (secondary N) is 1. The van der Waals surface area contributed by atoms with Crippen molar-refractivity contribution in [1.29, 1.82) is 0 Å². The predicted molar refractivity (Wildman–Crippen MR) is 160 cm³/mol. The van der Waals surface area contributed by atoms with Gasteiger partial charge in [-0.2, -0.15) is 0 Å². The zero-order valence-electron chi connectivity index (χ0n) is 23.2. The summed E-state index contributed by atoms with van der Waals surface area (Å²) in [6.45, 7) is 4.97. The number of anilines is 1. The lowest BCUT2D eigenvalue weighted by atomic mass is 10.1. The highest BCUT2D eigenvalue weighted by Crippen LogP contribution is 2.22. The normalized spacial score (nSPS) is 11.8. The van der Waals surface area contributed by atoms with Gasteiger partial charge in [0.2, 0.25) is 5.91 Å². The van der Waals surface area contributed by atoms with Gasteiger partial charge in [-0.1, -0.05) is 61.0 Å². The van der Waals surface area contributed by atoms with Gasteiger partial charge in [-0.3, -0.25) is 9.59 Å². The summed E-state index contributed by atoms with van der Waals surface area (Å²) in [6, 6.07) is 23.3. The van der Waals surface area contributed by atoms with Gasteiger partial charge in [0, 0.05) is 56.0 Å². The standard InChI is InChI=1S/C32H37ClN4O2/c1-5-23(2)37(32(39)28-11-6-8-12-29(28)33)22-31(38)36(21-24-14-16-26(17-15-24)35(3)4)19-18-25-20-34-30-13-9-7-10-27(25)30/h6-17,20,23,34H,5,18-19,21-22H2,1-4H3. The van der Waals surface area contributed by atoms with Gasteiger partial charge in [0.25, 0.3) is 5.91 Å². The van der Waals surface area contributed by atoms with Crippen molar-refractivity contribution in [2.24, 2.45) is 0 Å². The fourth-order valence-electron chi connectivity index (χ4n) is 4.69. The van der Waals surface area contributed by atoms with E-state index in [-0.39, 0.29) is 24.4 Å². The average Bonchev–Trinajstić information content (AvgIpc) is 3.36. The van der Waals surface area contributed by atoms with E-state index in [1.165, 1.54) is 0 Å². The van der Waals surface area contributed by atoms with Crippen LogP contribution in [0.3, 0.4) is 0 Å². The highest BCUT2D eigenvalue weighted by Gasteiger charge is 2.27. The Morgan fingerprint density at radius 2 is 1.64 bits per heavy atom. The van der Waals surface area contributed by atoms with Crippen molar-refractivity contribution in [3.63, 3.8) is 0 Å². The van der Waals surface area contributed by atoms with Crippen LogP contribution in [0, 0.1) is 0 Å². The second kappa shape index (κ2) is 12.9. The molecule has 0 saturated carbocycles. The van der Waals surface area contributed by atoms with Crippen LogP contribution in [0.2, 0.25) is 5.02 Å². The van der Waals surface area contributed by atoms with Crippen LogP contribution in [0.15, 0.2) is 79.0 Å². The number of nitrogens with zero attached hydrogens (tertiary/aromatic N) is 3. The van der Waals surface area contributed by atoms with Gasteiger partial charge in [-0.15, -0.1) is 0 Å². The fourth-order valence-corrected chi connectivity index (χ4v) is 4.91. The lowest BCUT2D eigenvalue weighted by Crippen LogP contribution is -2.47. The van der Waals surface area contributed by atoms with E-state index in [0.717, 1.165) is 34.1 Å². The second-order valence-electron chi connectivity index (χ2n) is 10.2. The van der Waals surface area contributed by atoms with Crippen molar-refractivity contribution in [3.8, 4) is 0 Å². The fraction of sp³-hybridized carbons (Fsp3) is 0.312. The molecule has 4 rings (SSSR count). The number of amides is 2. The Morgan fingerprint density at radius 1 is 0.949 bits per heavy atom. The van der Waals surface area contributed by atoms with Crippen LogP contribution >= 0.6 is 11.6 Å². The first-order valence-electron chi connectivity index (χ1n) is 13.4. The highest BCUT2D eigenvalue weighted by atomic mass is 35.5. The third-order valence-corrected chi connectivity index (χ3v) is 7.63. The summed E-state index contributed by atoms with van der Waals surface area (Å²) in [6.07, 6.45) is 3.45. The van der Waals surface area contributed by atoms with Crippen LogP contribution in [0.4, 0.5) is 5.69 Å². The molecule has 4 aromatic rings.